The fourth-order valence-electron chi connectivity index (χ4n) is 4.01. The summed E-state index contributed by atoms with van der Waals surface area (Å²) < 4.78 is 27.3. The normalized spacial score (nSPS) is 30.3. The summed E-state index contributed by atoms with van der Waals surface area (Å²) in [6.45, 7) is -0.667. The molecule has 2 aromatic carbocycles. The van der Waals surface area contributed by atoms with Gasteiger partial charge in [0.2, 0.25) is 12.1 Å². The van der Waals surface area contributed by atoms with Crippen LogP contribution in [0.4, 0.5) is 0 Å². The third kappa shape index (κ3) is 4.47. The van der Waals surface area contributed by atoms with Gasteiger partial charge in [-0.2, -0.15) is 0 Å². The molecule has 7 atom stereocenters. The van der Waals surface area contributed by atoms with Crippen LogP contribution in [0.5, 0.6) is 28.7 Å². The number of carbonyl (C=O) groups excluding carboxylic acids is 1. The van der Waals surface area contributed by atoms with E-state index in [0.717, 1.165) is 0 Å². The van der Waals surface area contributed by atoms with Crippen molar-refractivity contribution < 1.29 is 59.1 Å². The number of benzene rings is 2. The second-order valence-electron chi connectivity index (χ2n) is 8.09. The maximum absolute atomic E-state index is 13.2. The summed E-state index contributed by atoms with van der Waals surface area (Å²) >= 11 is 0. The summed E-state index contributed by atoms with van der Waals surface area (Å²) in [6, 6.07) is 6.94. The number of rotatable bonds is 6. The Morgan fingerprint density at radius 2 is 1.69 bits per heavy atom. The highest BCUT2D eigenvalue weighted by Crippen LogP contribution is 2.44. The van der Waals surface area contributed by atoms with E-state index >= 15 is 0 Å². The summed E-state index contributed by atoms with van der Waals surface area (Å²) in [4.78, 5) is 13.2. The fraction of sp³-hybridized carbons (Fsp3) is 0.435. The molecule has 2 aliphatic heterocycles. The van der Waals surface area contributed by atoms with Crippen molar-refractivity contribution in [2.75, 3.05) is 20.8 Å². The van der Waals surface area contributed by atoms with Crippen LogP contribution in [-0.2, 0) is 4.74 Å². The Bertz CT molecular complexity index is 1090. The fourth-order valence-corrected chi connectivity index (χ4v) is 4.01. The van der Waals surface area contributed by atoms with Gasteiger partial charge in [-0.1, -0.05) is 6.07 Å². The Hall–Kier alpha value is -3.13. The van der Waals surface area contributed by atoms with Crippen molar-refractivity contribution >= 4 is 5.78 Å². The number of ketones is 1. The molecule has 0 bridgehead atoms. The highest BCUT2D eigenvalue weighted by atomic mass is 16.7. The zero-order valence-electron chi connectivity index (χ0n) is 18.8. The Morgan fingerprint density at radius 3 is 2.34 bits per heavy atom. The molecule has 0 aromatic heterocycles. The zero-order valence-corrected chi connectivity index (χ0v) is 18.8. The number of aromatic hydroxyl groups is 1. The smallest absolute Gasteiger partial charge is 0.229 e. The van der Waals surface area contributed by atoms with Crippen LogP contribution in [0, 0.1) is 0 Å². The zero-order chi connectivity index (χ0) is 25.4. The molecule has 1 fully saturated rings. The maximum Gasteiger partial charge on any atom is 0.229 e. The van der Waals surface area contributed by atoms with E-state index in [-0.39, 0.29) is 34.3 Å². The van der Waals surface area contributed by atoms with Gasteiger partial charge in [-0.3, -0.25) is 4.79 Å². The lowest BCUT2D eigenvalue weighted by Crippen LogP contribution is -2.60. The van der Waals surface area contributed by atoms with Crippen LogP contribution in [0.25, 0.3) is 0 Å². The predicted octanol–water partition coefficient (Wildman–Crippen LogP) is -0.735. The number of hydrogen-bond acceptors (Lipinski definition) is 12. The predicted molar refractivity (Wildman–Crippen MR) is 116 cm³/mol. The monoisotopic (exact) mass is 494 g/mol. The lowest BCUT2D eigenvalue weighted by Gasteiger charge is -2.40. The number of hydrogen-bond donors (Lipinski definition) is 6. The van der Waals surface area contributed by atoms with E-state index < -0.39 is 55.3 Å². The first-order valence-corrected chi connectivity index (χ1v) is 10.6. The molecule has 190 valence electrons. The topological polar surface area (TPSA) is 185 Å². The van der Waals surface area contributed by atoms with Crippen molar-refractivity contribution in [3.8, 4) is 28.7 Å². The quantitative estimate of drug-likeness (QED) is 0.296. The van der Waals surface area contributed by atoms with Crippen molar-refractivity contribution in [3.05, 3.63) is 41.5 Å². The van der Waals surface area contributed by atoms with Gasteiger partial charge in [-0.05, 0) is 17.7 Å². The number of aliphatic hydroxyl groups excluding tert-OH is 5. The van der Waals surface area contributed by atoms with Crippen LogP contribution in [0.2, 0.25) is 0 Å². The number of fused-ring (bicyclic) bond motifs is 1. The summed E-state index contributed by atoms with van der Waals surface area (Å²) in [5, 5.41) is 60.4. The molecule has 0 unspecified atom stereocenters. The van der Waals surface area contributed by atoms with Gasteiger partial charge < -0.3 is 54.3 Å². The van der Waals surface area contributed by atoms with E-state index in [9.17, 15) is 35.4 Å². The Kier molecular flexibility index (Phi) is 7.03. The molecule has 12 nitrogen and oxygen atoms in total. The van der Waals surface area contributed by atoms with Crippen LogP contribution in [0.15, 0.2) is 30.3 Å². The molecule has 1 saturated heterocycles. The average molecular weight is 494 g/mol. The molecule has 12 heteroatoms. The van der Waals surface area contributed by atoms with Crippen LogP contribution in [0.1, 0.15) is 22.0 Å². The van der Waals surface area contributed by atoms with E-state index in [2.05, 4.69) is 0 Å². The Labute approximate surface area is 199 Å². The second-order valence-corrected chi connectivity index (χ2v) is 8.09. The summed E-state index contributed by atoms with van der Waals surface area (Å²) in [6.07, 6.45) is -10.7. The second kappa shape index (κ2) is 9.85. The number of methoxy groups -OCH3 is 2. The summed E-state index contributed by atoms with van der Waals surface area (Å²) in [5.41, 5.74) is 0.183. The molecule has 0 aliphatic carbocycles. The van der Waals surface area contributed by atoms with E-state index in [4.69, 9.17) is 23.7 Å². The molecule has 2 aliphatic rings. The standard InChI is InChI=1S/C23H26O12/c1-31-10-6-13-16(14(7-10)34-23-21(30)19(28)17(26)15(8-24)35-23)18(27)20(29)22(33-13)9-3-4-11(25)12(5-9)32-2/h3-7,15,17,19-26,28-30H,8H2,1-2H3/t15-,17-,19+,20+,21-,22-,23-/m1/s1. The van der Waals surface area contributed by atoms with Crippen molar-refractivity contribution in [1.82, 2.24) is 0 Å². The number of carbonyl (C=O) groups is 1. The maximum atomic E-state index is 13.2. The van der Waals surface area contributed by atoms with Crippen molar-refractivity contribution in [2.45, 2.75) is 42.9 Å². The Balaban J connectivity index is 1.71. The highest BCUT2D eigenvalue weighted by molar-refractivity contribution is 6.05. The van der Waals surface area contributed by atoms with Gasteiger partial charge in [0.25, 0.3) is 0 Å². The van der Waals surface area contributed by atoms with Crippen LogP contribution >= 0.6 is 0 Å². The van der Waals surface area contributed by atoms with E-state index in [1.165, 1.54) is 44.6 Å². The van der Waals surface area contributed by atoms with Gasteiger partial charge in [0.1, 0.15) is 47.2 Å². The number of aliphatic hydroxyl groups is 5. The van der Waals surface area contributed by atoms with Crippen molar-refractivity contribution in [1.29, 1.82) is 0 Å². The largest absolute Gasteiger partial charge is 0.504 e. The third-order valence-electron chi connectivity index (χ3n) is 5.95. The minimum absolute atomic E-state index is 0.00344. The highest BCUT2D eigenvalue weighted by Gasteiger charge is 2.46. The minimum Gasteiger partial charge on any atom is -0.504 e. The summed E-state index contributed by atoms with van der Waals surface area (Å²) in [7, 11) is 2.71. The van der Waals surface area contributed by atoms with Gasteiger partial charge in [-0.15, -0.1) is 0 Å². The van der Waals surface area contributed by atoms with Crippen LogP contribution in [-0.4, -0.2) is 94.1 Å². The molecule has 6 N–H and O–H groups in total. The third-order valence-corrected chi connectivity index (χ3v) is 5.95. The van der Waals surface area contributed by atoms with E-state index in [1.807, 2.05) is 0 Å². The van der Waals surface area contributed by atoms with E-state index in [0.29, 0.717) is 5.56 Å². The molecule has 35 heavy (non-hydrogen) atoms. The molecule has 4 rings (SSSR count). The van der Waals surface area contributed by atoms with Crippen molar-refractivity contribution in [3.63, 3.8) is 0 Å². The first kappa shape index (κ1) is 25.0. The molecule has 0 spiro atoms. The molecular formula is C23H26O12. The molecule has 0 radical (unpaired) electrons. The molecule has 2 heterocycles. The molecular weight excluding hydrogens is 468 g/mol. The lowest BCUT2D eigenvalue weighted by atomic mass is 9.92. The Morgan fingerprint density at radius 1 is 0.943 bits per heavy atom. The van der Waals surface area contributed by atoms with Gasteiger partial charge >= 0.3 is 0 Å². The number of ether oxygens (including phenoxy) is 5. The van der Waals surface area contributed by atoms with Crippen LogP contribution < -0.4 is 18.9 Å². The van der Waals surface area contributed by atoms with E-state index in [1.54, 1.807) is 0 Å². The van der Waals surface area contributed by atoms with Gasteiger partial charge in [0.05, 0.1) is 20.8 Å². The minimum atomic E-state index is -1.73. The van der Waals surface area contributed by atoms with Gasteiger partial charge in [0, 0.05) is 12.1 Å². The van der Waals surface area contributed by atoms with Crippen LogP contribution in [0.3, 0.4) is 0 Å². The first-order chi connectivity index (χ1) is 16.7. The molecule has 0 saturated carbocycles. The number of Topliss-reactive ketones (excluding diaryl/α,β-unsaturated/α-hetero) is 1. The molecule has 0 amide bonds. The number of phenols is 1. The van der Waals surface area contributed by atoms with Crippen molar-refractivity contribution in [2.24, 2.45) is 0 Å². The number of phenolic OH excluding ortho intramolecular Hbond substituents is 1. The van der Waals surface area contributed by atoms with Gasteiger partial charge in [-0.25, -0.2) is 0 Å². The average Bonchev–Trinajstić information content (AvgIpc) is 2.86. The van der Waals surface area contributed by atoms with Gasteiger partial charge in [0.15, 0.2) is 23.7 Å². The summed E-state index contributed by atoms with van der Waals surface area (Å²) in [5.74, 6) is -0.773. The lowest BCUT2D eigenvalue weighted by molar-refractivity contribution is -0.277. The first-order valence-electron chi connectivity index (χ1n) is 10.6. The molecule has 2 aromatic rings. The SMILES string of the molecule is COc1cc(O[C@@H]2O[C@H](CO)[C@@H](O)[C@H](O)[C@H]2O)c2c(c1)O[C@H](c1ccc(O)c(OC)c1)[C@@H](O)C2=O.